The standard InChI is InChI=1S/C15H18N4S/c1-11(2)19-8-4-12(5-9-19)15-18-10-13(20-15)14-16-6-3-7-17-14/h3-4,6-7,10-11H,5,8-9H2,1-2H3. The topological polar surface area (TPSA) is 41.9 Å². The summed E-state index contributed by atoms with van der Waals surface area (Å²) in [6.07, 6.45) is 8.79. The first-order chi connectivity index (χ1) is 9.74. The van der Waals surface area contributed by atoms with Gasteiger partial charge in [0.15, 0.2) is 5.82 Å². The second kappa shape index (κ2) is 5.81. The highest BCUT2D eigenvalue weighted by Crippen LogP contribution is 2.30. The average molecular weight is 286 g/mol. The second-order valence-corrected chi connectivity index (χ2v) is 6.20. The molecule has 0 spiro atoms. The molecule has 0 unspecified atom stereocenters. The van der Waals surface area contributed by atoms with Crippen LogP contribution in [0, 0.1) is 0 Å². The lowest BCUT2D eigenvalue weighted by Crippen LogP contribution is -2.34. The number of nitrogens with zero attached hydrogens (tertiary/aromatic N) is 4. The predicted octanol–water partition coefficient (Wildman–Crippen LogP) is 3.10. The quantitative estimate of drug-likeness (QED) is 0.869. The summed E-state index contributed by atoms with van der Waals surface area (Å²) < 4.78 is 0. The molecular formula is C15H18N4S. The van der Waals surface area contributed by atoms with Gasteiger partial charge in [0.25, 0.3) is 0 Å². The van der Waals surface area contributed by atoms with Crippen molar-refractivity contribution in [3.8, 4) is 10.7 Å². The van der Waals surface area contributed by atoms with E-state index in [2.05, 4.69) is 39.8 Å². The number of thiazole rings is 1. The molecule has 0 saturated heterocycles. The molecule has 0 radical (unpaired) electrons. The van der Waals surface area contributed by atoms with Gasteiger partial charge in [0.2, 0.25) is 0 Å². The van der Waals surface area contributed by atoms with E-state index < -0.39 is 0 Å². The lowest BCUT2D eigenvalue weighted by Gasteiger charge is -2.29. The van der Waals surface area contributed by atoms with Crippen molar-refractivity contribution in [2.75, 3.05) is 13.1 Å². The zero-order valence-corrected chi connectivity index (χ0v) is 12.6. The smallest absolute Gasteiger partial charge is 0.171 e. The average Bonchev–Trinajstić information content (AvgIpc) is 2.98. The summed E-state index contributed by atoms with van der Waals surface area (Å²) in [5.41, 5.74) is 1.36. The van der Waals surface area contributed by atoms with Crippen LogP contribution in [-0.4, -0.2) is 39.0 Å². The maximum Gasteiger partial charge on any atom is 0.171 e. The molecule has 2 aromatic heterocycles. The maximum atomic E-state index is 4.54. The Balaban J connectivity index is 1.78. The molecule has 2 aromatic rings. The fourth-order valence-electron chi connectivity index (χ4n) is 2.30. The molecular weight excluding hydrogens is 268 g/mol. The van der Waals surface area contributed by atoms with Gasteiger partial charge in [-0.05, 0) is 31.9 Å². The summed E-state index contributed by atoms with van der Waals surface area (Å²) in [5.74, 6) is 0.761. The molecule has 1 aliphatic heterocycles. The van der Waals surface area contributed by atoms with Crippen molar-refractivity contribution in [2.45, 2.75) is 26.3 Å². The van der Waals surface area contributed by atoms with E-state index in [-0.39, 0.29) is 0 Å². The minimum absolute atomic E-state index is 0.609. The predicted molar refractivity (Wildman–Crippen MR) is 82.4 cm³/mol. The molecule has 0 aliphatic carbocycles. The normalized spacial score (nSPS) is 16.4. The first kappa shape index (κ1) is 13.4. The first-order valence-electron chi connectivity index (χ1n) is 6.90. The molecule has 104 valence electrons. The van der Waals surface area contributed by atoms with Crippen molar-refractivity contribution in [3.63, 3.8) is 0 Å². The highest BCUT2D eigenvalue weighted by Gasteiger charge is 2.17. The van der Waals surface area contributed by atoms with E-state index in [1.807, 2.05) is 12.3 Å². The van der Waals surface area contributed by atoms with Gasteiger partial charge in [0.05, 0.1) is 4.88 Å². The second-order valence-electron chi connectivity index (χ2n) is 5.17. The summed E-state index contributed by atoms with van der Waals surface area (Å²) in [4.78, 5) is 16.6. The number of hydrogen-bond donors (Lipinski definition) is 0. The Morgan fingerprint density at radius 2 is 2.00 bits per heavy atom. The van der Waals surface area contributed by atoms with Gasteiger partial charge in [-0.25, -0.2) is 15.0 Å². The zero-order chi connectivity index (χ0) is 13.9. The summed E-state index contributed by atoms with van der Waals surface area (Å²) >= 11 is 1.68. The Labute approximate surface area is 123 Å². The summed E-state index contributed by atoms with van der Waals surface area (Å²) in [7, 11) is 0. The monoisotopic (exact) mass is 286 g/mol. The van der Waals surface area contributed by atoms with Crippen LogP contribution in [-0.2, 0) is 0 Å². The van der Waals surface area contributed by atoms with Gasteiger partial charge in [0.1, 0.15) is 5.01 Å². The van der Waals surface area contributed by atoms with E-state index in [9.17, 15) is 0 Å². The first-order valence-corrected chi connectivity index (χ1v) is 7.72. The van der Waals surface area contributed by atoms with Crippen LogP contribution in [0.3, 0.4) is 0 Å². The van der Waals surface area contributed by atoms with E-state index >= 15 is 0 Å². The van der Waals surface area contributed by atoms with Crippen LogP contribution < -0.4 is 0 Å². The Kier molecular flexibility index (Phi) is 3.89. The third-order valence-electron chi connectivity index (χ3n) is 3.54. The van der Waals surface area contributed by atoms with Crippen molar-refractivity contribution in [1.29, 1.82) is 0 Å². The van der Waals surface area contributed by atoms with Crippen LogP contribution in [0.15, 0.2) is 30.7 Å². The lowest BCUT2D eigenvalue weighted by molar-refractivity contribution is 0.245. The Morgan fingerprint density at radius 3 is 2.65 bits per heavy atom. The van der Waals surface area contributed by atoms with Crippen LogP contribution in [0.4, 0.5) is 0 Å². The molecule has 1 aliphatic rings. The van der Waals surface area contributed by atoms with E-state index in [1.165, 1.54) is 5.57 Å². The van der Waals surface area contributed by atoms with Crippen LogP contribution in [0.5, 0.6) is 0 Å². The Morgan fingerprint density at radius 1 is 1.20 bits per heavy atom. The fraction of sp³-hybridized carbons (Fsp3) is 0.400. The van der Waals surface area contributed by atoms with Gasteiger partial charge in [0, 0.05) is 37.7 Å². The van der Waals surface area contributed by atoms with Gasteiger partial charge in [-0.2, -0.15) is 0 Å². The summed E-state index contributed by atoms with van der Waals surface area (Å²) in [6.45, 7) is 6.62. The minimum Gasteiger partial charge on any atom is -0.297 e. The molecule has 4 nitrogen and oxygen atoms in total. The number of aromatic nitrogens is 3. The largest absolute Gasteiger partial charge is 0.297 e. The molecule has 0 bridgehead atoms. The van der Waals surface area contributed by atoms with Crippen molar-refractivity contribution in [2.24, 2.45) is 0 Å². The third-order valence-corrected chi connectivity index (χ3v) is 4.61. The van der Waals surface area contributed by atoms with Crippen molar-refractivity contribution < 1.29 is 0 Å². The fourth-order valence-corrected chi connectivity index (χ4v) is 3.23. The zero-order valence-electron chi connectivity index (χ0n) is 11.8. The Hall–Kier alpha value is -1.59. The van der Waals surface area contributed by atoms with Gasteiger partial charge in [-0.15, -0.1) is 11.3 Å². The lowest BCUT2D eigenvalue weighted by atomic mass is 10.1. The highest BCUT2D eigenvalue weighted by atomic mass is 32.1. The summed E-state index contributed by atoms with van der Waals surface area (Å²) in [6, 6.07) is 2.44. The molecule has 0 amide bonds. The molecule has 20 heavy (non-hydrogen) atoms. The molecule has 3 rings (SSSR count). The van der Waals surface area contributed by atoms with Crippen LogP contribution >= 0.6 is 11.3 Å². The molecule has 0 atom stereocenters. The molecule has 0 fully saturated rings. The molecule has 0 saturated carbocycles. The van der Waals surface area contributed by atoms with E-state index in [0.29, 0.717) is 6.04 Å². The van der Waals surface area contributed by atoms with Crippen LogP contribution in [0.2, 0.25) is 0 Å². The maximum absolute atomic E-state index is 4.54. The molecule has 5 heteroatoms. The van der Waals surface area contributed by atoms with Crippen molar-refractivity contribution >= 4 is 16.9 Å². The third kappa shape index (κ3) is 2.78. The Bertz CT molecular complexity index is 603. The molecule has 3 heterocycles. The highest BCUT2D eigenvalue weighted by molar-refractivity contribution is 7.16. The van der Waals surface area contributed by atoms with E-state index in [4.69, 9.17) is 0 Å². The van der Waals surface area contributed by atoms with Gasteiger partial charge in [-0.1, -0.05) is 6.08 Å². The molecule has 0 aromatic carbocycles. The van der Waals surface area contributed by atoms with Gasteiger partial charge in [-0.3, -0.25) is 4.90 Å². The van der Waals surface area contributed by atoms with Crippen molar-refractivity contribution in [3.05, 3.63) is 35.7 Å². The van der Waals surface area contributed by atoms with Crippen LogP contribution in [0.25, 0.3) is 16.3 Å². The van der Waals surface area contributed by atoms with Crippen molar-refractivity contribution in [1.82, 2.24) is 19.9 Å². The van der Waals surface area contributed by atoms with E-state index in [0.717, 1.165) is 35.2 Å². The number of rotatable bonds is 3. The van der Waals surface area contributed by atoms with Gasteiger partial charge < -0.3 is 0 Å². The molecule has 0 N–H and O–H groups in total. The van der Waals surface area contributed by atoms with Crippen LogP contribution in [0.1, 0.15) is 25.3 Å². The number of hydrogen-bond acceptors (Lipinski definition) is 5. The van der Waals surface area contributed by atoms with Gasteiger partial charge >= 0.3 is 0 Å². The minimum atomic E-state index is 0.609. The summed E-state index contributed by atoms with van der Waals surface area (Å²) in [5, 5.41) is 1.11. The SMILES string of the molecule is CC(C)N1CC=C(c2ncc(-c3ncccn3)s2)CC1. The van der Waals surface area contributed by atoms with E-state index in [1.54, 1.807) is 23.7 Å².